The molecule has 2 fully saturated rings. The molecule has 2 aromatic carbocycles. The van der Waals surface area contributed by atoms with Gasteiger partial charge in [-0.3, -0.25) is 14.5 Å². The van der Waals surface area contributed by atoms with E-state index in [1.165, 1.54) is 0 Å². The van der Waals surface area contributed by atoms with Gasteiger partial charge in [-0.15, -0.1) is 0 Å². The molecule has 0 atom stereocenters. The molecule has 0 bridgehead atoms. The van der Waals surface area contributed by atoms with Crippen LogP contribution in [0.5, 0.6) is 0 Å². The Hall–Kier alpha value is -3.21. The van der Waals surface area contributed by atoms with Crippen LogP contribution in [0.3, 0.4) is 0 Å². The van der Waals surface area contributed by atoms with Gasteiger partial charge in [0.05, 0.1) is 23.4 Å². The molecule has 2 amide bonds. The Kier molecular flexibility index (Phi) is 6.82. The molecule has 0 aliphatic carbocycles. The van der Waals surface area contributed by atoms with Crippen molar-refractivity contribution in [3.8, 4) is 11.1 Å². The molecule has 5 rings (SSSR count). The Bertz CT molecular complexity index is 1440. The predicted molar refractivity (Wildman–Crippen MR) is 145 cm³/mol. The molecule has 2 aliphatic rings. The van der Waals surface area contributed by atoms with Crippen LogP contribution in [0.25, 0.3) is 22.0 Å². The van der Waals surface area contributed by atoms with Gasteiger partial charge in [0.1, 0.15) is 0 Å². The summed E-state index contributed by atoms with van der Waals surface area (Å²) in [6.45, 7) is 4.53. The SMILES string of the molecule is CCS(=O)(=O)N1CCC(c2c[nH]c3c(C(N)=O)cc(-c4ccc(N5CCN(C)CC5=O)cc4)cc23)CC1. The predicted octanol–water partition coefficient (Wildman–Crippen LogP) is 2.74. The molecule has 196 valence electrons. The second kappa shape index (κ2) is 9.92. The number of H-pyrrole nitrogens is 1. The van der Waals surface area contributed by atoms with Crippen LogP contribution in [0, 0.1) is 0 Å². The fourth-order valence-electron chi connectivity index (χ4n) is 5.48. The number of benzene rings is 2. The Morgan fingerprint density at radius 2 is 1.76 bits per heavy atom. The molecule has 37 heavy (non-hydrogen) atoms. The normalized spacial score (nSPS) is 18.5. The summed E-state index contributed by atoms with van der Waals surface area (Å²) in [5, 5.41) is 0.932. The van der Waals surface area contributed by atoms with E-state index in [2.05, 4.69) is 11.1 Å². The van der Waals surface area contributed by atoms with Crippen LogP contribution in [-0.2, 0) is 14.8 Å². The van der Waals surface area contributed by atoms with Crippen LogP contribution in [0.1, 0.15) is 41.6 Å². The number of nitrogens with zero attached hydrogens (tertiary/aromatic N) is 3. The fourth-order valence-corrected chi connectivity index (χ4v) is 6.61. The Morgan fingerprint density at radius 3 is 2.38 bits per heavy atom. The lowest BCUT2D eigenvalue weighted by atomic mass is 9.88. The van der Waals surface area contributed by atoms with Gasteiger partial charge in [0.25, 0.3) is 5.91 Å². The van der Waals surface area contributed by atoms with Crippen molar-refractivity contribution < 1.29 is 18.0 Å². The minimum absolute atomic E-state index is 0.0775. The smallest absolute Gasteiger partial charge is 0.250 e. The summed E-state index contributed by atoms with van der Waals surface area (Å²) < 4.78 is 26.1. The summed E-state index contributed by atoms with van der Waals surface area (Å²) in [5.41, 5.74) is 10.6. The summed E-state index contributed by atoms with van der Waals surface area (Å²) in [7, 11) is -1.26. The summed E-state index contributed by atoms with van der Waals surface area (Å²) in [5.74, 6) is -0.145. The second-order valence-corrected chi connectivity index (χ2v) is 12.2. The minimum atomic E-state index is -3.20. The van der Waals surface area contributed by atoms with E-state index < -0.39 is 15.9 Å². The lowest BCUT2D eigenvalue weighted by Crippen LogP contribution is -2.48. The molecule has 0 radical (unpaired) electrons. The van der Waals surface area contributed by atoms with Crippen LogP contribution < -0.4 is 10.6 Å². The maximum Gasteiger partial charge on any atom is 0.250 e. The standard InChI is InChI=1S/C27H33N5O4S/c1-3-37(35,36)31-10-8-19(9-11-31)24-16-29-26-22(24)14-20(15-23(26)27(28)34)18-4-6-21(7-5-18)32-13-12-30(2)17-25(32)33/h4-7,14-16,19,29H,3,8-13,17H2,1-2H3,(H2,28,34). The van der Waals surface area contributed by atoms with Crippen molar-refractivity contribution in [1.82, 2.24) is 14.2 Å². The molecular weight excluding hydrogens is 490 g/mol. The maximum atomic E-state index is 12.5. The minimum Gasteiger partial charge on any atom is -0.366 e. The number of hydrogen-bond acceptors (Lipinski definition) is 5. The van der Waals surface area contributed by atoms with Gasteiger partial charge in [0.2, 0.25) is 15.9 Å². The zero-order valence-electron chi connectivity index (χ0n) is 21.2. The molecule has 0 saturated carbocycles. The van der Waals surface area contributed by atoms with E-state index in [9.17, 15) is 18.0 Å². The number of carbonyl (C=O) groups excluding carboxylic acids is 2. The van der Waals surface area contributed by atoms with Crippen molar-refractivity contribution in [2.24, 2.45) is 5.73 Å². The lowest BCUT2D eigenvalue weighted by molar-refractivity contribution is -0.120. The second-order valence-electron chi connectivity index (χ2n) is 9.96. The number of nitrogens with one attached hydrogen (secondary N) is 1. The van der Waals surface area contributed by atoms with Gasteiger partial charge in [0.15, 0.2) is 0 Å². The van der Waals surface area contributed by atoms with Crippen LogP contribution in [0.2, 0.25) is 0 Å². The van der Waals surface area contributed by atoms with Crippen molar-refractivity contribution in [2.45, 2.75) is 25.7 Å². The number of anilines is 1. The van der Waals surface area contributed by atoms with E-state index in [1.807, 2.05) is 42.4 Å². The summed E-state index contributed by atoms with van der Waals surface area (Å²) in [6.07, 6.45) is 3.36. The molecule has 3 N–H and O–H groups in total. The van der Waals surface area contributed by atoms with E-state index in [4.69, 9.17) is 5.73 Å². The first-order valence-electron chi connectivity index (χ1n) is 12.7. The number of amides is 2. The quantitative estimate of drug-likeness (QED) is 0.515. The van der Waals surface area contributed by atoms with Crippen molar-refractivity contribution in [1.29, 1.82) is 0 Å². The van der Waals surface area contributed by atoms with E-state index in [0.717, 1.165) is 47.2 Å². The molecule has 1 aromatic heterocycles. The summed E-state index contributed by atoms with van der Waals surface area (Å²) in [6, 6.07) is 11.7. The number of fused-ring (bicyclic) bond motifs is 1. The Morgan fingerprint density at radius 1 is 1.05 bits per heavy atom. The van der Waals surface area contributed by atoms with Gasteiger partial charge >= 0.3 is 0 Å². The molecule has 3 aromatic rings. The molecule has 10 heteroatoms. The fraction of sp³-hybridized carbons (Fsp3) is 0.407. The van der Waals surface area contributed by atoms with Crippen LogP contribution >= 0.6 is 0 Å². The molecule has 3 heterocycles. The third kappa shape index (κ3) is 4.88. The van der Waals surface area contributed by atoms with Gasteiger partial charge in [-0.2, -0.15) is 0 Å². The van der Waals surface area contributed by atoms with E-state index in [1.54, 1.807) is 22.2 Å². The van der Waals surface area contributed by atoms with Gasteiger partial charge < -0.3 is 15.6 Å². The number of carbonyl (C=O) groups is 2. The number of piperazine rings is 1. The highest BCUT2D eigenvalue weighted by Crippen LogP contribution is 2.37. The van der Waals surface area contributed by atoms with Crippen LogP contribution in [0.15, 0.2) is 42.6 Å². The molecule has 0 unspecified atom stereocenters. The first kappa shape index (κ1) is 25.4. The largest absolute Gasteiger partial charge is 0.366 e. The number of nitrogens with two attached hydrogens (primary N) is 1. The van der Waals surface area contributed by atoms with Crippen molar-refractivity contribution >= 4 is 38.4 Å². The third-order valence-corrected chi connectivity index (χ3v) is 9.54. The lowest BCUT2D eigenvalue weighted by Gasteiger charge is -2.32. The summed E-state index contributed by atoms with van der Waals surface area (Å²) in [4.78, 5) is 31.9. The average molecular weight is 524 g/mol. The molecule has 0 spiro atoms. The number of hydrogen-bond donors (Lipinski definition) is 2. The van der Waals surface area contributed by atoms with Gasteiger partial charge in [-0.1, -0.05) is 12.1 Å². The molecular formula is C27H33N5O4S. The first-order chi connectivity index (χ1) is 17.7. The average Bonchev–Trinajstić information content (AvgIpc) is 3.32. The van der Waals surface area contributed by atoms with Crippen molar-refractivity contribution in [2.75, 3.05) is 50.4 Å². The zero-order valence-corrected chi connectivity index (χ0v) is 22.1. The maximum absolute atomic E-state index is 12.5. The van der Waals surface area contributed by atoms with Gasteiger partial charge in [0, 0.05) is 43.4 Å². The Labute approximate surface area is 217 Å². The Balaban J connectivity index is 1.46. The third-order valence-electron chi connectivity index (χ3n) is 7.66. The molecule has 2 saturated heterocycles. The number of likely N-dealkylation sites (N-methyl/N-ethyl adjacent to an activating group) is 1. The number of primary amides is 1. The summed E-state index contributed by atoms with van der Waals surface area (Å²) >= 11 is 0. The first-order valence-corrected chi connectivity index (χ1v) is 14.3. The van der Waals surface area contributed by atoms with E-state index in [-0.39, 0.29) is 17.6 Å². The number of aromatic amines is 1. The number of sulfonamides is 1. The van der Waals surface area contributed by atoms with Crippen molar-refractivity contribution in [3.05, 3.63) is 53.7 Å². The highest BCUT2D eigenvalue weighted by atomic mass is 32.2. The topological polar surface area (TPSA) is 120 Å². The van der Waals surface area contributed by atoms with Gasteiger partial charge in [-0.05, 0) is 73.7 Å². The van der Waals surface area contributed by atoms with Crippen LogP contribution in [0.4, 0.5) is 5.69 Å². The van der Waals surface area contributed by atoms with Gasteiger partial charge in [-0.25, -0.2) is 12.7 Å². The highest BCUT2D eigenvalue weighted by Gasteiger charge is 2.29. The highest BCUT2D eigenvalue weighted by molar-refractivity contribution is 7.89. The monoisotopic (exact) mass is 523 g/mol. The molecule has 9 nitrogen and oxygen atoms in total. The van der Waals surface area contributed by atoms with E-state index in [0.29, 0.717) is 37.3 Å². The number of aromatic nitrogens is 1. The van der Waals surface area contributed by atoms with Crippen molar-refractivity contribution in [3.63, 3.8) is 0 Å². The van der Waals surface area contributed by atoms with Crippen LogP contribution in [-0.4, -0.2) is 79.9 Å². The zero-order chi connectivity index (χ0) is 26.3. The number of rotatable bonds is 6. The number of piperidine rings is 1. The molecule has 2 aliphatic heterocycles. The van der Waals surface area contributed by atoms with E-state index >= 15 is 0 Å².